The molecule has 0 saturated heterocycles. The third-order valence-corrected chi connectivity index (χ3v) is 5.41. The normalized spacial score (nSPS) is 20.0. The maximum atomic E-state index is 13.2. The molecule has 0 spiro atoms. The molecule has 2 heterocycles. The first-order valence-electron chi connectivity index (χ1n) is 9.17. The number of ketones is 1. The molecule has 0 aliphatic carbocycles. The second kappa shape index (κ2) is 6.80. The summed E-state index contributed by atoms with van der Waals surface area (Å²) < 4.78 is 6.11. The Morgan fingerprint density at radius 3 is 2.46 bits per heavy atom. The highest BCUT2D eigenvalue weighted by molar-refractivity contribution is 6.30. The Hall–Kier alpha value is -3.11. The van der Waals surface area contributed by atoms with Gasteiger partial charge in [0.05, 0.1) is 11.8 Å². The molecule has 2 aliphatic rings. The molecule has 0 radical (unpaired) electrons. The predicted molar refractivity (Wildman–Crippen MR) is 109 cm³/mol. The Kier molecular flexibility index (Phi) is 4.14. The van der Waals surface area contributed by atoms with Crippen molar-refractivity contribution in [3.8, 4) is 5.75 Å². The van der Waals surface area contributed by atoms with Crippen molar-refractivity contribution in [2.45, 2.75) is 18.7 Å². The Morgan fingerprint density at radius 2 is 1.68 bits per heavy atom. The molecule has 138 valence electrons. The van der Waals surface area contributed by atoms with E-state index in [-0.39, 0.29) is 11.8 Å². The van der Waals surface area contributed by atoms with Crippen LogP contribution in [-0.4, -0.2) is 22.7 Å². The van der Waals surface area contributed by atoms with Gasteiger partial charge in [0.2, 0.25) is 5.78 Å². The molecule has 0 aromatic heterocycles. The van der Waals surface area contributed by atoms with Crippen LogP contribution < -0.4 is 4.74 Å². The molecule has 0 N–H and O–H groups in total. The Balaban J connectivity index is 1.56. The van der Waals surface area contributed by atoms with Crippen LogP contribution in [-0.2, 0) is 0 Å². The lowest BCUT2D eigenvalue weighted by molar-refractivity contribution is -0.00455. The fourth-order valence-electron chi connectivity index (χ4n) is 3.77. The van der Waals surface area contributed by atoms with Crippen LogP contribution in [0.5, 0.6) is 5.75 Å². The molecule has 3 aromatic rings. The summed E-state index contributed by atoms with van der Waals surface area (Å²) in [5, 5.41) is 7.20. The third kappa shape index (κ3) is 2.86. The number of benzene rings is 3. The van der Waals surface area contributed by atoms with E-state index in [0.717, 1.165) is 29.0 Å². The van der Waals surface area contributed by atoms with Gasteiger partial charge in [-0.1, -0.05) is 60.1 Å². The van der Waals surface area contributed by atoms with Gasteiger partial charge in [0.1, 0.15) is 5.75 Å². The van der Waals surface area contributed by atoms with Crippen molar-refractivity contribution in [1.82, 2.24) is 5.01 Å². The van der Waals surface area contributed by atoms with E-state index < -0.39 is 6.23 Å². The summed E-state index contributed by atoms with van der Waals surface area (Å²) in [6.07, 6.45) is -0.0725. The second-order valence-electron chi connectivity index (χ2n) is 6.89. The molecule has 2 unspecified atom stereocenters. The zero-order valence-corrected chi connectivity index (χ0v) is 15.7. The number of fused-ring (bicyclic) bond motifs is 3. The van der Waals surface area contributed by atoms with Crippen molar-refractivity contribution >= 4 is 23.1 Å². The van der Waals surface area contributed by atoms with Gasteiger partial charge in [-0.2, -0.15) is 5.10 Å². The smallest absolute Gasteiger partial charge is 0.251 e. The average molecular weight is 389 g/mol. The van der Waals surface area contributed by atoms with Crippen molar-refractivity contribution in [3.63, 3.8) is 0 Å². The van der Waals surface area contributed by atoms with Gasteiger partial charge in [0.15, 0.2) is 0 Å². The number of carbonyl (C=O) groups excluding carboxylic acids is 1. The zero-order chi connectivity index (χ0) is 19.1. The van der Waals surface area contributed by atoms with Gasteiger partial charge in [-0.25, -0.2) is 5.01 Å². The summed E-state index contributed by atoms with van der Waals surface area (Å²) >= 11 is 5.97. The number of carbonyl (C=O) groups is 1. The molecular weight excluding hydrogens is 372 g/mol. The van der Waals surface area contributed by atoms with Gasteiger partial charge in [-0.3, -0.25) is 4.79 Å². The van der Waals surface area contributed by atoms with Gasteiger partial charge in [0.25, 0.3) is 6.23 Å². The summed E-state index contributed by atoms with van der Waals surface area (Å²) in [6, 6.07) is 24.8. The molecule has 28 heavy (non-hydrogen) atoms. The molecule has 2 atom stereocenters. The highest BCUT2D eigenvalue weighted by Gasteiger charge is 2.43. The van der Waals surface area contributed by atoms with Crippen molar-refractivity contribution in [2.24, 2.45) is 5.10 Å². The molecule has 0 bridgehead atoms. The number of rotatable bonds is 3. The molecule has 2 aliphatic heterocycles. The minimum atomic E-state index is -0.803. The molecule has 5 heteroatoms. The standard InChI is InChI=1S/C23H17ClN2O2/c24-17-12-10-16(11-13-17)22(27)23-26-20(18-8-4-5-9-21(18)28-23)14-19(25-26)15-6-2-1-3-7-15/h1-13,20,23H,14H2. The summed E-state index contributed by atoms with van der Waals surface area (Å²) in [6.45, 7) is 0. The Morgan fingerprint density at radius 1 is 0.964 bits per heavy atom. The van der Waals surface area contributed by atoms with Crippen molar-refractivity contribution < 1.29 is 9.53 Å². The third-order valence-electron chi connectivity index (χ3n) is 5.16. The van der Waals surface area contributed by atoms with Crippen LogP contribution >= 0.6 is 11.6 Å². The number of Topliss-reactive ketones (excluding diaryl/α,β-unsaturated/α-hetero) is 1. The lowest BCUT2D eigenvalue weighted by atomic mass is 9.96. The van der Waals surface area contributed by atoms with Gasteiger partial charge < -0.3 is 4.74 Å². The zero-order valence-electron chi connectivity index (χ0n) is 15.0. The molecular formula is C23H17ClN2O2. The molecule has 4 nitrogen and oxygen atoms in total. The minimum absolute atomic E-state index is 0.0265. The average Bonchev–Trinajstić information content (AvgIpc) is 3.20. The molecule has 0 amide bonds. The van der Waals surface area contributed by atoms with E-state index in [1.54, 1.807) is 24.3 Å². The lowest BCUT2D eigenvalue weighted by Crippen LogP contribution is -2.45. The topological polar surface area (TPSA) is 41.9 Å². The fraction of sp³-hybridized carbons (Fsp3) is 0.130. The SMILES string of the molecule is O=C(c1ccc(Cl)cc1)C1Oc2ccccc2C2CC(c3ccccc3)=NN12. The first-order chi connectivity index (χ1) is 13.7. The number of hydrogen-bond acceptors (Lipinski definition) is 4. The highest BCUT2D eigenvalue weighted by atomic mass is 35.5. The number of ether oxygens (including phenoxy) is 1. The fourth-order valence-corrected chi connectivity index (χ4v) is 3.89. The lowest BCUT2D eigenvalue weighted by Gasteiger charge is -2.37. The molecule has 3 aromatic carbocycles. The van der Waals surface area contributed by atoms with E-state index in [0.29, 0.717) is 10.6 Å². The van der Waals surface area contributed by atoms with Crippen LogP contribution in [0, 0.1) is 0 Å². The van der Waals surface area contributed by atoms with E-state index in [1.807, 2.05) is 59.6 Å². The van der Waals surface area contributed by atoms with E-state index in [2.05, 4.69) is 0 Å². The number of hydrazone groups is 1. The number of halogens is 1. The van der Waals surface area contributed by atoms with Gasteiger partial charge >= 0.3 is 0 Å². The van der Waals surface area contributed by atoms with Crippen molar-refractivity contribution in [2.75, 3.05) is 0 Å². The van der Waals surface area contributed by atoms with Crippen LogP contribution in [0.4, 0.5) is 0 Å². The Bertz CT molecular complexity index is 1060. The monoisotopic (exact) mass is 388 g/mol. The quantitative estimate of drug-likeness (QED) is 0.587. The molecule has 5 rings (SSSR count). The maximum Gasteiger partial charge on any atom is 0.251 e. The van der Waals surface area contributed by atoms with E-state index in [4.69, 9.17) is 21.4 Å². The molecule has 0 fully saturated rings. The van der Waals surface area contributed by atoms with Crippen LogP contribution in [0.25, 0.3) is 0 Å². The van der Waals surface area contributed by atoms with E-state index >= 15 is 0 Å². The highest BCUT2D eigenvalue weighted by Crippen LogP contribution is 2.43. The summed E-state index contributed by atoms with van der Waals surface area (Å²) in [4.78, 5) is 13.2. The van der Waals surface area contributed by atoms with Gasteiger partial charge in [-0.15, -0.1) is 0 Å². The molecule has 0 saturated carbocycles. The predicted octanol–water partition coefficient (Wildman–Crippen LogP) is 5.09. The van der Waals surface area contributed by atoms with Crippen LogP contribution in [0.1, 0.15) is 33.9 Å². The van der Waals surface area contributed by atoms with Crippen molar-refractivity contribution in [3.05, 3.63) is 101 Å². The van der Waals surface area contributed by atoms with Crippen molar-refractivity contribution in [1.29, 1.82) is 0 Å². The summed E-state index contributed by atoms with van der Waals surface area (Å²) in [7, 11) is 0. The van der Waals surface area contributed by atoms with Crippen LogP contribution in [0.2, 0.25) is 5.02 Å². The van der Waals surface area contributed by atoms with Gasteiger partial charge in [0, 0.05) is 22.6 Å². The first-order valence-corrected chi connectivity index (χ1v) is 9.55. The number of hydrogen-bond donors (Lipinski definition) is 0. The second-order valence-corrected chi connectivity index (χ2v) is 7.33. The van der Waals surface area contributed by atoms with E-state index in [9.17, 15) is 4.79 Å². The summed E-state index contributed by atoms with van der Waals surface area (Å²) in [5.41, 5.74) is 3.63. The first kappa shape index (κ1) is 17.0. The number of para-hydroxylation sites is 1. The minimum Gasteiger partial charge on any atom is -0.461 e. The summed E-state index contributed by atoms with van der Waals surface area (Å²) in [5.74, 6) is 0.606. The largest absolute Gasteiger partial charge is 0.461 e. The van der Waals surface area contributed by atoms with E-state index in [1.165, 1.54) is 0 Å². The van der Waals surface area contributed by atoms with Crippen LogP contribution in [0.3, 0.4) is 0 Å². The number of nitrogens with zero attached hydrogens (tertiary/aromatic N) is 2. The van der Waals surface area contributed by atoms with Gasteiger partial charge in [-0.05, 0) is 35.9 Å². The van der Waals surface area contributed by atoms with Crippen LogP contribution in [0.15, 0.2) is 84.0 Å². The maximum absolute atomic E-state index is 13.2. The Labute approximate surface area is 168 Å².